The van der Waals surface area contributed by atoms with Gasteiger partial charge in [0.05, 0.1) is 20.3 Å². The Bertz CT molecular complexity index is 721. The first kappa shape index (κ1) is 17.2. The Morgan fingerprint density at radius 1 is 1.28 bits per heavy atom. The lowest BCUT2D eigenvalue weighted by molar-refractivity contribution is -0.141. The fourth-order valence-electron chi connectivity index (χ4n) is 2.56. The van der Waals surface area contributed by atoms with E-state index in [9.17, 15) is 4.79 Å². The molecule has 0 radical (unpaired) electrons. The normalized spacial score (nSPS) is 17.2. The Labute approximate surface area is 146 Å². The number of carbonyl (C=O) groups excluding carboxylic acids is 1. The number of hydrogen-bond donors (Lipinski definition) is 0. The zero-order chi connectivity index (χ0) is 17.6. The minimum absolute atomic E-state index is 0.0201. The molecule has 0 aliphatic carbocycles. The van der Waals surface area contributed by atoms with Gasteiger partial charge in [-0.25, -0.2) is 9.97 Å². The second kappa shape index (κ2) is 7.94. The maximum absolute atomic E-state index is 12.4. The molecule has 1 fully saturated rings. The van der Waals surface area contributed by atoms with E-state index < -0.39 is 0 Å². The molecular weight excluding hydrogens is 322 g/mol. The molecular formula is C18H21N3O4. The summed E-state index contributed by atoms with van der Waals surface area (Å²) in [5, 5.41) is 0. The van der Waals surface area contributed by atoms with Gasteiger partial charge in [-0.05, 0) is 37.3 Å². The second-order valence-corrected chi connectivity index (χ2v) is 5.72. The molecule has 2 aromatic rings. The van der Waals surface area contributed by atoms with Crippen molar-refractivity contribution in [1.29, 1.82) is 0 Å². The molecule has 1 aromatic heterocycles. The SMILES string of the molecule is COc1ccc(OCC(=O)N2CCO[C@@H](c3nccc(C)n3)C2)cc1. The number of aryl methyl sites for hydroxylation is 1. The Balaban J connectivity index is 1.56. The van der Waals surface area contributed by atoms with Crippen molar-refractivity contribution in [3.05, 3.63) is 48.0 Å². The smallest absolute Gasteiger partial charge is 0.260 e. The summed E-state index contributed by atoms with van der Waals surface area (Å²) in [6.07, 6.45) is 1.40. The quantitative estimate of drug-likeness (QED) is 0.824. The lowest BCUT2D eigenvalue weighted by Crippen LogP contribution is -2.44. The monoisotopic (exact) mass is 343 g/mol. The summed E-state index contributed by atoms with van der Waals surface area (Å²) in [6.45, 7) is 3.30. The highest BCUT2D eigenvalue weighted by molar-refractivity contribution is 5.77. The number of aromatic nitrogens is 2. The molecule has 132 valence electrons. The first-order valence-corrected chi connectivity index (χ1v) is 8.11. The number of ether oxygens (including phenoxy) is 3. The van der Waals surface area contributed by atoms with Crippen molar-refractivity contribution in [2.75, 3.05) is 33.4 Å². The molecule has 2 heterocycles. The third-order valence-corrected chi connectivity index (χ3v) is 3.94. The average Bonchev–Trinajstić information content (AvgIpc) is 2.66. The zero-order valence-corrected chi connectivity index (χ0v) is 14.3. The molecule has 1 aromatic carbocycles. The minimum Gasteiger partial charge on any atom is -0.497 e. The van der Waals surface area contributed by atoms with E-state index >= 15 is 0 Å². The maximum Gasteiger partial charge on any atom is 0.260 e. The van der Waals surface area contributed by atoms with Crippen molar-refractivity contribution in [2.45, 2.75) is 13.0 Å². The summed E-state index contributed by atoms with van der Waals surface area (Å²) >= 11 is 0. The lowest BCUT2D eigenvalue weighted by Gasteiger charge is -2.32. The topological polar surface area (TPSA) is 73.8 Å². The molecule has 1 aliphatic rings. The van der Waals surface area contributed by atoms with Crippen molar-refractivity contribution in [3.8, 4) is 11.5 Å². The third-order valence-electron chi connectivity index (χ3n) is 3.94. The lowest BCUT2D eigenvalue weighted by atomic mass is 10.2. The highest BCUT2D eigenvalue weighted by Gasteiger charge is 2.27. The summed E-state index contributed by atoms with van der Waals surface area (Å²) in [5.41, 5.74) is 0.875. The van der Waals surface area contributed by atoms with Gasteiger partial charge in [-0.2, -0.15) is 0 Å². The van der Waals surface area contributed by atoms with E-state index in [0.717, 1.165) is 11.4 Å². The van der Waals surface area contributed by atoms with Crippen molar-refractivity contribution < 1.29 is 19.0 Å². The number of morpholine rings is 1. The molecule has 7 heteroatoms. The first-order valence-electron chi connectivity index (χ1n) is 8.11. The van der Waals surface area contributed by atoms with Gasteiger partial charge in [0, 0.05) is 18.4 Å². The molecule has 0 spiro atoms. The van der Waals surface area contributed by atoms with Crippen LogP contribution in [0.15, 0.2) is 36.5 Å². The van der Waals surface area contributed by atoms with E-state index in [1.807, 2.05) is 13.0 Å². The minimum atomic E-state index is -0.307. The summed E-state index contributed by atoms with van der Waals surface area (Å²) < 4.78 is 16.4. The number of nitrogens with zero attached hydrogens (tertiary/aromatic N) is 3. The van der Waals surface area contributed by atoms with Crippen LogP contribution in [0.3, 0.4) is 0 Å². The Morgan fingerprint density at radius 2 is 2.04 bits per heavy atom. The molecule has 3 rings (SSSR count). The van der Waals surface area contributed by atoms with Crippen LogP contribution in [0.5, 0.6) is 11.5 Å². The van der Waals surface area contributed by atoms with Gasteiger partial charge in [0.25, 0.3) is 5.91 Å². The molecule has 0 N–H and O–H groups in total. The van der Waals surface area contributed by atoms with Gasteiger partial charge in [0.15, 0.2) is 12.4 Å². The Hall–Kier alpha value is -2.67. The van der Waals surface area contributed by atoms with Crippen molar-refractivity contribution >= 4 is 5.91 Å². The van der Waals surface area contributed by atoms with Crippen LogP contribution < -0.4 is 9.47 Å². The Kier molecular flexibility index (Phi) is 5.45. The van der Waals surface area contributed by atoms with Crippen LogP contribution in [0, 0.1) is 6.92 Å². The van der Waals surface area contributed by atoms with E-state index in [0.29, 0.717) is 31.3 Å². The van der Waals surface area contributed by atoms with Crippen molar-refractivity contribution in [1.82, 2.24) is 14.9 Å². The summed E-state index contributed by atoms with van der Waals surface area (Å²) in [5.74, 6) is 1.89. The zero-order valence-electron chi connectivity index (χ0n) is 14.3. The van der Waals surface area contributed by atoms with Crippen LogP contribution in [-0.4, -0.2) is 54.2 Å². The number of amides is 1. The molecule has 1 aliphatic heterocycles. The number of hydrogen-bond acceptors (Lipinski definition) is 6. The molecule has 0 bridgehead atoms. The number of rotatable bonds is 5. The maximum atomic E-state index is 12.4. The van der Waals surface area contributed by atoms with E-state index in [-0.39, 0.29) is 18.6 Å². The molecule has 0 saturated carbocycles. The van der Waals surface area contributed by atoms with E-state index in [1.165, 1.54) is 0 Å². The largest absolute Gasteiger partial charge is 0.497 e. The van der Waals surface area contributed by atoms with Gasteiger partial charge in [-0.3, -0.25) is 4.79 Å². The van der Waals surface area contributed by atoms with Gasteiger partial charge in [-0.15, -0.1) is 0 Å². The number of methoxy groups -OCH3 is 1. The predicted octanol–water partition coefficient (Wildman–Crippen LogP) is 1.77. The fourth-order valence-corrected chi connectivity index (χ4v) is 2.56. The van der Waals surface area contributed by atoms with E-state index in [1.54, 1.807) is 42.5 Å². The van der Waals surface area contributed by atoms with Gasteiger partial charge in [0.2, 0.25) is 0 Å². The molecule has 7 nitrogen and oxygen atoms in total. The molecule has 25 heavy (non-hydrogen) atoms. The van der Waals surface area contributed by atoms with Crippen molar-refractivity contribution in [2.24, 2.45) is 0 Å². The summed E-state index contributed by atoms with van der Waals surface area (Å²) in [4.78, 5) is 22.8. The van der Waals surface area contributed by atoms with Gasteiger partial charge >= 0.3 is 0 Å². The standard InChI is InChI=1S/C18H21N3O4/c1-13-7-8-19-18(20-13)16-11-21(9-10-24-16)17(22)12-25-15-5-3-14(23-2)4-6-15/h3-8,16H,9-12H2,1-2H3/t16-/m1/s1. The highest BCUT2D eigenvalue weighted by atomic mass is 16.5. The summed E-state index contributed by atoms with van der Waals surface area (Å²) in [6, 6.07) is 8.96. The number of benzene rings is 1. The van der Waals surface area contributed by atoms with Gasteiger partial charge in [-0.1, -0.05) is 0 Å². The van der Waals surface area contributed by atoms with Crippen LogP contribution in [0.1, 0.15) is 17.6 Å². The van der Waals surface area contributed by atoms with E-state index in [2.05, 4.69) is 9.97 Å². The molecule has 1 saturated heterocycles. The van der Waals surface area contributed by atoms with Crippen LogP contribution >= 0.6 is 0 Å². The van der Waals surface area contributed by atoms with Gasteiger partial charge < -0.3 is 19.1 Å². The molecule has 1 atom stereocenters. The van der Waals surface area contributed by atoms with Crippen LogP contribution in [0.2, 0.25) is 0 Å². The van der Waals surface area contributed by atoms with Crippen LogP contribution in [-0.2, 0) is 9.53 Å². The fraction of sp³-hybridized carbons (Fsp3) is 0.389. The Morgan fingerprint density at radius 3 is 2.76 bits per heavy atom. The first-order chi connectivity index (χ1) is 12.2. The average molecular weight is 343 g/mol. The highest BCUT2D eigenvalue weighted by Crippen LogP contribution is 2.20. The number of carbonyl (C=O) groups is 1. The third kappa shape index (κ3) is 4.45. The molecule has 0 unspecified atom stereocenters. The van der Waals surface area contributed by atoms with E-state index in [4.69, 9.17) is 14.2 Å². The van der Waals surface area contributed by atoms with Crippen LogP contribution in [0.4, 0.5) is 0 Å². The van der Waals surface area contributed by atoms with Crippen LogP contribution in [0.25, 0.3) is 0 Å². The van der Waals surface area contributed by atoms with Gasteiger partial charge in [0.1, 0.15) is 17.6 Å². The molecule has 1 amide bonds. The second-order valence-electron chi connectivity index (χ2n) is 5.72. The predicted molar refractivity (Wildman–Crippen MR) is 90.5 cm³/mol. The van der Waals surface area contributed by atoms with Crippen molar-refractivity contribution in [3.63, 3.8) is 0 Å². The summed E-state index contributed by atoms with van der Waals surface area (Å²) in [7, 11) is 1.60.